The predicted octanol–water partition coefficient (Wildman–Crippen LogP) is 1.87. The van der Waals surface area contributed by atoms with Crippen molar-refractivity contribution in [3.63, 3.8) is 0 Å². The number of rotatable bonds is 9. The Balaban J connectivity index is 2.23. The van der Waals surface area contributed by atoms with Crippen molar-refractivity contribution in [3.8, 4) is 11.5 Å². The molecule has 0 saturated heterocycles. The molecule has 0 heterocycles. The Morgan fingerprint density at radius 2 is 1.74 bits per heavy atom. The Morgan fingerprint density at radius 3 is 2.26 bits per heavy atom. The van der Waals surface area contributed by atoms with E-state index in [2.05, 4.69) is 0 Å². The monoisotopic (exact) mass is 267 g/mol. The number of carboxylic acid groups (broad SMARTS) is 1. The van der Waals surface area contributed by atoms with Gasteiger partial charge in [-0.3, -0.25) is 4.79 Å². The Bertz CT molecular complexity index is 378. The summed E-state index contributed by atoms with van der Waals surface area (Å²) in [6.45, 7) is 4.35. The van der Waals surface area contributed by atoms with E-state index in [1.54, 1.807) is 0 Å². The second-order valence-corrected chi connectivity index (χ2v) is 4.20. The molecule has 5 nitrogen and oxygen atoms in total. The van der Waals surface area contributed by atoms with Gasteiger partial charge in [0, 0.05) is 13.1 Å². The minimum absolute atomic E-state index is 0.152. The zero-order valence-electron chi connectivity index (χ0n) is 11.5. The summed E-state index contributed by atoms with van der Waals surface area (Å²) in [5.41, 5.74) is 0. The van der Waals surface area contributed by atoms with E-state index in [4.69, 9.17) is 14.6 Å². The van der Waals surface area contributed by atoms with Crippen LogP contribution in [-0.2, 0) is 4.79 Å². The number of hydrogen-bond acceptors (Lipinski definition) is 4. The molecule has 0 fully saturated rings. The summed E-state index contributed by atoms with van der Waals surface area (Å²) in [5, 5.41) is 8.57. The molecule has 0 aliphatic carbocycles. The SMILES string of the molecule is CCOc1ccc(OCCN(C)CCC(=O)O)cc1. The lowest BCUT2D eigenvalue weighted by Gasteiger charge is -2.15. The highest BCUT2D eigenvalue weighted by molar-refractivity contribution is 5.66. The van der Waals surface area contributed by atoms with Crippen molar-refractivity contribution in [2.45, 2.75) is 13.3 Å². The van der Waals surface area contributed by atoms with Gasteiger partial charge in [0.1, 0.15) is 18.1 Å². The Labute approximate surface area is 113 Å². The van der Waals surface area contributed by atoms with Crippen LogP contribution in [0.3, 0.4) is 0 Å². The first-order valence-corrected chi connectivity index (χ1v) is 6.38. The third-order valence-corrected chi connectivity index (χ3v) is 2.58. The van der Waals surface area contributed by atoms with E-state index < -0.39 is 5.97 Å². The number of aliphatic carboxylic acids is 1. The molecule has 0 unspecified atom stereocenters. The number of hydrogen-bond donors (Lipinski definition) is 1. The standard InChI is InChI=1S/C14H21NO4/c1-3-18-12-4-6-13(7-5-12)19-11-10-15(2)9-8-14(16)17/h4-7H,3,8-11H2,1-2H3,(H,16,17). The van der Waals surface area contributed by atoms with Crippen LogP contribution in [0.4, 0.5) is 0 Å². The second kappa shape index (κ2) is 8.37. The molecular weight excluding hydrogens is 246 g/mol. The summed E-state index contributed by atoms with van der Waals surface area (Å²) < 4.78 is 10.9. The third kappa shape index (κ3) is 6.67. The van der Waals surface area contributed by atoms with Crippen LogP contribution in [0.1, 0.15) is 13.3 Å². The van der Waals surface area contributed by atoms with Crippen LogP contribution in [-0.4, -0.2) is 49.3 Å². The summed E-state index contributed by atoms with van der Waals surface area (Å²) >= 11 is 0. The van der Waals surface area contributed by atoms with Crippen LogP contribution in [0.2, 0.25) is 0 Å². The zero-order chi connectivity index (χ0) is 14.1. The molecule has 5 heteroatoms. The highest BCUT2D eigenvalue weighted by Crippen LogP contribution is 2.17. The van der Waals surface area contributed by atoms with Gasteiger partial charge in [-0.25, -0.2) is 0 Å². The van der Waals surface area contributed by atoms with Gasteiger partial charge in [-0.2, -0.15) is 0 Å². The molecule has 0 radical (unpaired) electrons. The lowest BCUT2D eigenvalue weighted by molar-refractivity contribution is -0.137. The van der Waals surface area contributed by atoms with Gasteiger partial charge in [0.25, 0.3) is 0 Å². The highest BCUT2D eigenvalue weighted by atomic mass is 16.5. The quantitative estimate of drug-likeness (QED) is 0.740. The smallest absolute Gasteiger partial charge is 0.304 e. The van der Waals surface area contributed by atoms with Crippen LogP contribution in [0.5, 0.6) is 11.5 Å². The average molecular weight is 267 g/mol. The first kappa shape index (κ1) is 15.3. The molecule has 1 N–H and O–H groups in total. The van der Waals surface area contributed by atoms with Crippen molar-refractivity contribution in [2.75, 3.05) is 33.4 Å². The van der Waals surface area contributed by atoms with Crippen molar-refractivity contribution in [1.29, 1.82) is 0 Å². The molecule has 106 valence electrons. The number of carbonyl (C=O) groups is 1. The van der Waals surface area contributed by atoms with Gasteiger partial charge in [-0.15, -0.1) is 0 Å². The fraction of sp³-hybridized carbons (Fsp3) is 0.500. The molecule has 0 aliphatic heterocycles. The van der Waals surface area contributed by atoms with Gasteiger partial charge in [0.15, 0.2) is 0 Å². The fourth-order valence-electron chi connectivity index (χ4n) is 1.52. The predicted molar refractivity (Wildman–Crippen MR) is 72.9 cm³/mol. The van der Waals surface area contributed by atoms with E-state index in [0.29, 0.717) is 26.3 Å². The van der Waals surface area contributed by atoms with Crippen LogP contribution in [0, 0.1) is 0 Å². The molecule has 0 spiro atoms. The minimum atomic E-state index is -0.778. The number of nitrogens with zero attached hydrogens (tertiary/aromatic N) is 1. The van der Waals surface area contributed by atoms with Crippen molar-refractivity contribution < 1.29 is 19.4 Å². The zero-order valence-corrected chi connectivity index (χ0v) is 11.5. The van der Waals surface area contributed by atoms with E-state index >= 15 is 0 Å². The van der Waals surface area contributed by atoms with Gasteiger partial charge in [-0.05, 0) is 38.2 Å². The number of benzene rings is 1. The summed E-state index contributed by atoms with van der Waals surface area (Å²) in [4.78, 5) is 12.3. The van der Waals surface area contributed by atoms with Crippen LogP contribution >= 0.6 is 0 Å². The van der Waals surface area contributed by atoms with Gasteiger partial charge in [0.2, 0.25) is 0 Å². The summed E-state index contributed by atoms with van der Waals surface area (Å²) in [6, 6.07) is 7.46. The summed E-state index contributed by atoms with van der Waals surface area (Å²) in [6.07, 6.45) is 0.152. The van der Waals surface area contributed by atoms with Gasteiger partial charge in [0.05, 0.1) is 13.0 Å². The molecular formula is C14H21NO4. The maximum atomic E-state index is 10.4. The van der Waals surface area contributed by atoms with E-state index in [1.807, 2.05) is 43.1 Å². The van der Waals surface area contributed by atoms with Crippen LogP contribution in [0.15, 0.2) is 24.3 Å². The molecule has 1 aromatic rings. The van der Waals surface area contributed by atoms with E-state index in [-0.39, 0.29) is 6.42 Å². The van der Waals surface area contributed by atoms with Crippen molar-refractivity contribution >= 4 is 5.97 Å². The van der Waals surface area contributed by atoms with Crippen molar-refractivity contribution in [2.24, 2.45) is 0 Å². The Kier molecular flexibility index (Phi) is 6.74. The van der Waals surface area contributed by atoms with Crippen LogP contribution in [0.25, 0.3) is 0 Å². The lowest BCUT2D eigenvalue weighted by atomic mass is 10.3. The molecule has 0 saturated carbocycles. The van der Waals surface area contributed by atoms with Gasteiger partial charge >= 0.3 is 5.97 Å². The second-order valence-electron chi connectivity index (χ2n) is 4.20. The topological polar surface area (TPSA) is 59.0 Å². The van der Waals surface area contributed by atoms with E-state index in [1.165, 1.54) is 0 Å². The highest BCUT2D eigenvalue weighted by Gasteiger charge is 2.02. The number of ether oxygens (including phenoxy) is 2. The summed E-state index contributed by atoms with van der Waals surface area (Å²) in [7, 11) is 1.88. The molecule has 1 rings (SSSR count). The Hall–Kier alpha value is -1.75. The largest absolute Gasteiger partial charge is 0.494 e. The van der Waals surface area contributed by atoms with E-state index in [0.717, 1.165) is 11.5 Å². The molecule has 1 aromatic carbocycles. The lowest BCUT2D eigenvalue weighted by Crippen LogP contribution is -2.26. The van der Waals surface area contributed by atoms with Crippen molar-refractivity contribution in [3.05, 3.63) is 24.3 Å². The maximum absolute atomic E-state index is 10.4. The van der Waals surface area contributed by atoms with Crippen LogP contribution < -0.4 is 9.47 Å². The molecule has 0 aliphatic rings. The summed E-state index contributed by atoms with van der Waals surface area (Å²) in [5.74, 6) is 0.836. The van der Waals surface area contributed by atoms with Gasteiger partial charge < -0.3 is 19.5 Å². The molecule has 19 heavy (non-hydrogen) atoms. The molecule has 0 amide bonds. The Morgan fingerprint density at radius 1 is 1.16 bits per heavy atom. The molecule has 0 aromatic heterocycles. The average Bonchev–Trinajstić information content (AvgIpc) is 2.39. The number of likely N-dealkylation sites (N-methyl/N-ethyl adjacent to an activating group) is 1. The maximum Gasteiger partial charge on any atom is 0.304 e. The number of carboxylic acids is 1. The fourth-order valence-corrected chi connectivity index (χ4v) is 1.52. The third-order valence-electron chi connectivity index (χ3n) is 2.58. The van der Waals surface area contributed by atoms with Crippen molar-refractivity contribution in [1.82, 2.24) is 4.90 Å². The van der Waals surface area contributed by atoms with E-state index in [9.17, 15) is 4.79 Å². The normalized spacial score (nSPS) is 10.5. The van der Waals surface area contributed by atoms with Gasteiger partial charge in [-0.1, -0.05) is 0 Å². The first-order valence-electron chi connectivity index (χ1n) is 6.38. The minimum Gasteiger partial charge on any atom is -0.494 e. The molecule has 0 bridgehead atoms. The molecule has 0 atom stereocenters. The first-order chi connectivity index (χ1) is 9.11.